The Morgan fingerprint density at radius 2 is 2.20 bits per heavy atom. The molecule has 1 fully saturated rings. The molecule has 0 unspecified atom stereocenters. The second-order valence-corrected chi connectivity index (χ2v) is 4.61. The van der Waals surface area contributed by atoms with Crippen LogP contribution >= 0.6 is 11.8 Å². The monoisotopic (exact) mass is 160 g/mol. The van der Waals surface area contributed by atoms with Crippen LogP contribution in [0.4, 0.5) is 0 Å². The van der Waals surface area contributed by atoms with Crippen molar-refractivity contribution in [2.24, 2.45) is 0 Å². The summed E-state index contributed by atoms with van der Waals surface area (Å²) in [6.45, 7) is 2.58. The highest BCUT2D eigenvalue weighted by molar-refractivity contribution is 8.00. The Morgan fingerprint density at radius 3 is 2.50 bits per heavy atom. The van der Waals surface area contributed by atoms with Crippen LogP contribution in [0.25, 0.3) is 0 Å². The van der Waals surface area contributed by atoms with Gasteiger partial charge in [0.1, 0.15) is 0 Å². The molecule has 1 aliphatic rings. The number of hydrogen-bond acceptors (Lipinski definition) is 2. The second kappa shape index (κ2) is 3.63. The van der Waals surface area contributed by atoms with E-state index in [0.717, 1.165) is 0 Å². The SMILES string of the molecule is CCCSC1(CO)CCC1. The largest absolute Gasteiger partial charge is 0.395 e. The predicted octanol–water partition coefficient (Wildman–Crippen LogP) is 2.04. The molecule has 0 spiro atoms. The van der Waals surface area contributed by atoms with Crippen LogP contribution in [0.3, 0.4) is 0 Å². The Bertz CT molecular complexity index is 93.9. The standard InChI is InChI=1S/C8H16OS/c1-2-6-10-8(7-9)4-3-5-8/h9H,2-7H2,1H3. The van der Waals surface area contributed by atoms with E-state index in [1.165, 1.54) is 31.4 Å². The number of thioether (sulfide) groups is 1. The van der Waals surface area contributed by atoms with Crippen molar-refractivity contribution >= 4 is 11.8 Å². The van der Waals surface area contributed by atoms with Crippen molar-refractivity contribution in [3.8, 4) is 0 Å². The third-order valence-electron chi connectivity index (χ3n) is 2.17. The van der Waals surface area contributed by atoms with E-state index in [9.17, 15) is 0 Å². The summed E-state index contributed by atoms with van der Waals surface area (Å²) in [4.78, 5) is 0. The molecule has 1 N–H and O–H groups in total. The molecular formula is C8H16OS. The van der Waals surface area contributed by atoms with E-state index in [0.29, 0.717) is 6.61 Å². The van der Waals surface area contributed by atoms with Gasteiger partial charge >= 0.3 is 0 Å². The summed E-state index contributed by atoms with van der Waals surface area (Å²) in [7, 11) is 0. The summed E-state index contributed by atoms with van der Waals surface area (Å²) in [6.07, 6.45) is 5.01. The minimum atomic E-state index is 0.288. The van der Waals surface area contributed by atoms with Crippen LogP contribution in [-0.4, -0.2) is 22.2 Å². The molecule has 0 aromatic heterocycles. The summed E-state index contributed by atoms with van der Waals surface area (Å²) in [5.74, 6) is 1.21. The first-order valence-corrected chi connectivity index (χ1v) is 5.06. The van der Waals surface area contributed by atoms with Gasteiger partial charge in [-0.25, -0.2) is 0 Å². The van der Waals surface area contributed by atoms with Crippen LogP contribution in [0.1, 0.15) is 32.6 Å². The normalized spacial score (nSPS) is 22.2. The Balaban J connectivity index is 2.20. The van der Waals surface area contributed by atoms with Gasteiger partial charge in [0.15, 0.2) is 0 Å². The molecule has 60 valence electrons. The van der Waals surface area contributed by atoms with Gasteiger partial charge in [-0.05, 0) is 25.0 Å². The fraction of sp³-hybridized carbons (Fsp3) is 1.00. The van der Waals surface area contributed by atoms with Crippen LogP contribution in [0, 0.1) is 0 Å². The Morgan fingerprint density at radius 1 is 1.50 bits per heavy atom. The lowest BCUT2D eigenvalue weighted by molar-refractivity contribution is 0.191. The van der Waals surface area contributed by atoms with Gasteiger partial charge < -0.3 is 5.11 Å². The molecule has 1 aliphatic carbocycles. The molecule has 0 saturated heterocycles. The van der Waals surface area contributed by atoms with Crippen molar-refractivity contribution in [1.29, 1.82) is 0 Å². The van der Waals surface area contributed by atoms with E-state index in [1.54, 1.807) is 0 Å². The van der Waals surface area contributed by atoms with Gasteiger partial charge in [0, 0.05) is 4.75 Å². The number of aliphatic hydroxyl groups is 1. The van der Waals surface area contributed by atoms with Crippen molar-refractivity contribution in [3.63, 3.8) is 0 Å². The molecule has 1 nitrogen and oxygen atoms in total. The van der Waals surface area contributed by atoms with Crippen LogP contribution in [0.2, 0.25) is 0 Å². The topological polar surface area (TPSA) is 20.2 Å². The Hall–Kier alpha value is 0.310. The number of rotatable bonds is 4. The molecule has 0 aromatic carbocycles. The maximum absolute atomic E-state index is 9.04. The smallest absolute Gasteiger partial charge is 0.0578 e. The average molecular weight is 160 g/mol. The minimum absolute atomic E-state index is 0.288. The third kappa shape index (κ3) is 1.67. The Kier molecular flexibility index (Phi) is 3.05. The third-order valence-corrected chi connectivity index (χ3v) is 3.93. The summed E-state index contributed by atoms with van der Waals surface area (Å²) in [5, 5.41) is 9.04. The summed E-state index contributed by atoms with van der Waals surface area (Å²) in [5.41, 5.74) is 0. The lowest BCUT2D eigenvalue weighted by Crippen LogP contribution is -2.37. The first kappa shape index (κ1) is 8.41. The molecule has 2 heteroatoms. The van der Waals surface area contributed by atoms with Gasteiger partial charge in [-0.15, -0.1) is 0 Å². The van der Waals surface area contributed by atoms with Gasteiger partial charge in [0.25, 0.3) is 0 Å². The lowest BCUT2D eigenvalue weighted by atomic mass is 9.85. The van der Waals surface area contributed by atoms with E-state index in [-0.39, 0.29) is 4.75 Å². The maximum Gasteiger partial charge on any atom is 0.0578 e. The Labute approximate surface area is 67.2 Å². The van der Waals surface area contributed by atoms with E-state index < -0.39 is 0 Å². The van der Waals surface area contributed by atoms with Crippen LogP contribution in [-0.2, 0) is 0 Å². The number of aliphatic hydroxyl groups excluding tert-OH is 1. The zero-order valence-corrected chi connectivity index (χ0v) is 7.41. The van der Waals surface area contributed by atoms with Gasteiger partial charge in [-0.1, -0.05) is 13.3 Å². The van der Waals surface area contributed by atoms with E-state index in [1.807, 2.05) is 11.8 Å². The zero-order chi connectivity index (χ0) is 7.45. The van der Waals surface area contributed by atoms with Crippen molar-refractivity contribution in [2.45, 2.75) is 37.4 Å². The van der Waals surface area contributed by atoms with Crippen LogP contribution < -0.4 is 0 Å². The first-order valence-electron chi connectivity index (χ1n) is 4.08. The molecule has 0 heterocycles. The van der Waals surface area contributed by atoms with E-state index >= 15 is 0 Å². The molecule has 0 atom stereocenters. The molecule has 10 heavy (non-hydrogen) atoms. The van der Waals surface area contributed by atoms with Gasteiger partial charge in [-0.3, -0.25) is 0 Å². The molecular weight excluding hydrogens is 144 g/mol. The van der Waals surface area contributed by atoms with Gasteiger partial charge in [0.05, 0.1) is 6.61 Å². The summed E-state index contributed by atoms with van der Waals surface area (Å²) in [6, 6.07) is 0. The summed E-state index contributed by atoms with van der Waals surface area (Å²) >= 11 is 1.96. The van der Waals surface area contributed by atoms with E-state index in [2.05, 4.69) is 6.92 Å². The van der Waals surface area contributed by atoms with Crippen LogP contribution in [0.5, 0.6) is 0 Å². The predicted molar refractivity (Wildman–Crippen MR) is 46.4 cm³/mol. The lowest BCUT2D eigenvalue weighted by Gasteiger charge is -2.39. The molecule has 0 aromatic rings. The molecule has 1 rings (SSSR count). The fourth-order valence-electron chi connectivity index (χ4n) is 1.24. The highest BCUT2D eigenvalue weighted by Gasteiger charge is 2.36. The van der Waals surface area contributed by atoms with Crippen molar-refractivity contribution in [2.75, 3.05) is 12.4 Å². The minimum Gasteiger partial charge on any atom is -0.395 e. The molecule has 0 radical (unpaired) electrons. The number of hydrogen-bond donors (Lipinski definition) is 1. The molecule has 0 aliphatic heterocycles. The van der Waals surface area contributed by atoms with Gasteiger partial charge in [-0.2, -0.15) is 11.8 Å². The van der Waals surface area contributed by atoms with Crippen molar-refractivity contribution in [1.82, 2.24) is 0 Å². The average Bonchev–Trinajstić information content (AvgIpc) is 1.87. The second-order valence-electron chi connectivity index (χ2n) is 3.04. The summed E-state index contributed by atoms with van der Waals surface area (Å²) < 4.78 is 0.288. The molecule has 0 bridgehead atoms. The van der Waals surface area contributed by atoms with Crippen molar-refractivity contribution in [3.05, 3.63) is 0 Å². The zero-order valence-electron chi connectivity index (χ0n) is 6.60. The van der Waals surface area contributed by atoms with E-state index in [4.69, 9.17) is 5.11 Å². The highest BCUT2D eigenvalue weighted by atomic mass is 32.2. The van der Waals surface area contributed by atoms with Crippen molar-refractivity contribution < 1.29 is 5.11 Å². The van der Waals surface area contributed by atoms with Gasteiger partial charge in [0.2, 0.25) is 0 Å². The first-order chi connectivity index (χ1) is 4.83. The molecule has 0 amide bonds. The highest BCUT2D eigenvalue weighted by Crippen LogP contribution is 2.43. The maximum atomic E-state index is 9.04. The molecule has 1 saturated carbocycles. The van der Waals surface area contributed by atoms with Crippen LogP contribution in [0.15, 0.2) is 0 Å². The fourth-order valence-corrected chi connectivity index (χ4v) is 2.54. The quantitative estimate of drug-likeness (QED) is 0.679.